The molecule has 0 unspecified atom stereocenters. The van der Waals surface area contributed by atoms with E-state index in [1.165, 1.54) is 25.9 Å². The van der Waals surface area contributed by atoms with Gasteiger partial charge in [0.05, 0.1) is 5.56 Å². The number of aromatic nitrogens is 1. The lowest BCUT2D eigenvalue weighted by molar-refractivity contribution is 0.0782. The first-order valence-electron chi connectivity index (χ1n) is 6.15. The average Bonchev–Trinajstić information content (AvgIpc) is 2.89. The third-order valence-electron chi connectivity index (χ3n) is 3.21. The van der Waals surface area contributed by atoms with Gasteiger partial charge in [-0.25, -0.2) is 0 Å². The highest BCUT2D eigenvalue weighted by molar-refractivity contribution is 5.93. The zero-order valence-electron chi connectivity index (χ0n) is 10.3. The smallest absolute Gasteiger partial charge is 0.255 e. The van der Waals surface area contributed by atoms with Gasteiger partial charge < -0.3 is 9.80 Å². The number of likely N-dealkylation sites (N-methyl/N-ethyl adjacent to an activating group) is 1. The van der Waals surface area contributed by atoms with Crippen molar-refractivity contribution in [2.75, 3.05) is 33.2 Å². The Balaban J connectivity index is 1.83. The summed E-state index contributed by atoms with van der Waals surface area (Å²) in [6, 6.07) is 3.60. The molecule has 1 amide bonds. The van der Waals surface area contributed by atoms with Crippen molar-refractivity contribution >= 4 is 5.91 Å². The normalized spacial score (nSPS) is 16.1. The molecule has 0 N–H and O–H groups in total. The maximum Gasteiger partial charge on any atom is 0.255 e. The molecule has 0 spiro atoms. The minimum Gasteiger partial charge on any atom is -0.340 e. The van der Waals surface area contributed by atoms with Crippen molar-refractivity contribution in [1.29, 1.82) is 0 Å². The minimum absolute atomic E-state index is 0.0531. The van der Waals surface area contributed by atoms with Gasteiger partial charge in [-0.1, -0.05) is 0 Å². The van der Waals surface area contributed by atoms with Crippen molar-refractivity contribution in [3.05, 3.63) is 30.1 Å². The molecule has 0 aromatic carbocycles. The van der Waals surface area contributed by atoms with Crippen LogP contribution in [0.3, 0.4) is 0 Å². The molecular formula is C13H19N3O. The molecule has 1 aliphatic heterocycles. The summed E-state index contributed by atoms with van der Waals surface area (Å²) in [5, 5.41) is 0. The van der Waals surface area contributed by atoms with Crippen molar-refractivity contribution in [3.63, 3.8) is 0 Å². The van der Waals surface area contributed by atoms with Crippen molar-refractivity contribution in [1.82, 2.24) is 14.8 Å². The van der Waals surface area contributed by atoms with Gasteiger partial charge >= 0.3 is 0 Å². The van der Waals surface area contributed by atoms with Crippen molar-refractivity contribution in [3.8, 4) is 0 Å². The molecule has 0 atom stereocenters. The molecule has 0 aliphatic carbocycles. The Bertz CT molecular complexity index is 360. The van der Waals surface area contributed by atoms with Crippen molar-refractivity contribution in [2.24, 2.45) is 0 Å². The Morgan fingerprint density at radius 2 is 2.24 bits per heavy atom. The predicted molar refractivity (Wildman–Crippen MR) is 66.9 cm³/mol. The van der Waals surface area contributed by atoms with Crippen LogP contribution in [0.25, 0.3) is 0 Å². The molecule has 17 heavy (non-hydrogen) atoms. The Morgan fingerprint density at radius 1 is 1.47 bits per heavy atom. The van der Waals surface area contributed by atoms with Crippen LogP contribution in [0.4, 0.5) is 0 Å². The highest BCUT2D eigenvalue weighted by Crippen LogP contribution is 2.07. The number of likely N-dealkylation sites (tertiary alicyclic amines) is 1. The summed E-state index contributed by atoms with van der Waals surface area (Å²) in [4.78, 5) is 20.2. The van der Waals surface area contributed by atoms with Crippen LogP contribution in [0, 0.1) is 0 Å². The summed E-state index contributed by atoms with van der Waals surface area (Å²) < 4.78 is 0. The molecule has 1 aliphatic rings. The lowest BCUT2D eigenvalue weighted by Crippen LogP contribution is -2.35. The van der Waals surface area contributed by atoms with Crippen LogP contribution in [0.2, 0.25) is 0 Å². The zero-order valence-corrected chi connectivity index (χ0v) is 10.3. The molecule has 4 heteroatoms. The van der Waals surface area contributed by atoms with Gasteiger partial charge in [-0.05, 0) is 38.1 Å². The van der Waals surface area contributed by atoms with E-state index in [1.54, 1.807) is 23.4 Å². The summed E-state index contributed by atoms with van der Waals surface area (Å²) in [6.07, 6.45) is 5.89. The van der Waals surface area contributed by atoms with Gasteiger partial charge in [0, 0.05) is 32.5 Å². The Labute approximate surface area is 102 Å². The van der Waals surface area contributed by atoms with Crippen LogP contribution in [0.5, 0.6) is 0 Å². The van der Waals surface area contributed by atoms with Gasteiger partial charge in [0.25, 0.3) is 5.91 Å². The first-order chi connectivity index (χ1) is 8.27. The summed E-state index contributed by atoms with van der Waals surface area (Å²) >= 11 is 0. The SMILES string of the molecule is CN(CCN1CCCC1)C(=O)c1cccnc1. The molecule has 2 heterocycles. The fraction of sp³-hybridized carbons (Fsp3) is 0.538. The van der Waals surface area contributed by atoms with Crippen LogP contribution in [-0.4, -0.2) is 53.9 Å². The van der Waals surface area contributed by atoms with E-state index in [0.29, 0.717) is 5.56 Å². The van der Waals surface area contributed by atoms with Crippen molar-refractivity contribution < 1.29 is 4.79 Å². The van der Waals surface area contributed by atoms with E-state index in [0.717, 1.165) is 13.1 Å². The second-order valence-corrected chi connectivity index (χ2v) is 4.52. The largest absolute Gasteiger partial charge is 0.340 e. The van der Waals surface area contributed by atoms with Gasteiger partial charge in [-0.2, -0.15) is 0 Å². The first kappa shape index (κ1) is 12.0. The van der Waals surface area contributed by atoms with Gasteiger partial charge in [0.1, 0.15) is 0 Å². The molecule has 2 rings (SSSR count). The fourth-order valence-electron chi connectivity index (χ4n) is 2.11. The van der Waals surface area contributed by atoms with Crippen LogP contribution in [0.15, 0.2) is 24.5 Å². The van der Waals surface area contributed by atoms with E-state index in [9.17, 15) is 4.79 Å². The lowest BCUT2D eigenvalue weighted by Gasteiger charge is -2.21. The molecule has 1 fully saturated rings. The van der Waals surface area contributed by atoms with Gasteiger partial charge in [-0.3, -0.25) is 9.78 Å². The van der Waals surface area contributed by atoms with E-state index < -0.39 is 0 Å². The van der Waals surface area contributed by atoms with E-state index in [2.05, 4.69) is 9.88 Å². The standard InChI is InChI=1S/C13H19N3O/c1-15(9-10-16-7-2-3-8-16)13(17)12-5-4-6-14-11-12/h4-6,11H,2-3,7-10H2,1H3. The number of carbonyl (C=O) groups excluding carboxylic acids is 1. The number of amides is 1. The van der Waals surface area contributed by atoms with Crippen LogP contribution < -0.4 is 0 Å². The highest BCUT2D eigenvalue weighted by atomic mass is 16.2. The third kappa shape index (κ3) is 3.27. The van der Waals surface area contributed by atoms with Crippen molar-refractivity contribution in [2.45, 2.75) is 12.8 Å². The summed E-state index contributed by atoms with van der Waals surface area (Å²) in [5.41, 5.74) is 0.663. The third-order valence-corrected chi connectivity index (χ3v) is 3.21. The lowest BCUT2D eigenvalue weighted by atomic mass is 10.2. The summed E-state index contributed by atoms with van der Waals surface area (Å²) in [5.74, 6) is 0.0531. The monoisotopic (exact) mass is 233 g/mol. The van der Waals surface area contributed by atoms with E-state index >= 15 is 0 Å². The molecular weight excluding hydrogens is 214 g/mol. The minimum atomic E-state index is 0.0531. The van der Waals surface area contributed by atoms with Gasteiger partial charge in [0.15, 0.2) is 0 Å². The first-order valence-corrected chi connectivity index (χ1v) is 6.15. The predicted octanol–water partition coefficient (Wildman–Crippen LogP) is 1.25. The number of hydrogen-bond donors (Lipinski definition) is 0. The number of hydrogen-bond acceptors (Lipinski definition) is 3. The molecule has 0 saturated carbocycles. The maximum atomic E-state index is 12.0. The second kappa shape index (κ2) is 5.77. The van der Waals surface area contributed by atoms with Gasteiger partial charge in [0.2, 0.25) is 0 Å². The number of carbonyl (C=O) groups is 1. The Hall–Kier alpha value is -1.42. The zero-order chi connectivity index (χ0) is 12.1. The maximum absolute atomic E-state index is 12.0. The molecule has 1 aromatic heterocycles. The van der Waals surface area contributed by atoms with E-state index in [-0.39, 0.29) is 5.91 Å². The van der Waals surface area contributed by atoms with Crippen LogP contribution in [0.1, 0.15) is 23.2 Å². The molecule has 0 radical (unpaired) electrons. The second-order valence-electron chi connectivity index (χ2n) is 4.52. The van der Waals surface area contributed by atoms with E-state index in [4.69, 9.17) is 0 Å². The molecule has 1 saturated heterocycles. The summed E-state index contributed by atoms with van der Waals surface area (Å²) in [7, 11) is 1.85. The van der Waals surface area contributed by atoms with E-state index in [1.807, 2.05) is 13.1 Å². The number of nitrogens with zero attached hydrogens (tertiary/aromatic N) is 3. The quantitative estimate of drug-likeness (QED) is 0.785. The topological polar surface area (TPSA) is 36.4 Å². The molecule has 1 aromatic rings. The van der Waals surface area contributed by atoms with Crippen LogP contribution >= 0.6 is 0 Å². The molecule has 4 nitrogen and oxygen atoms in total. The Morgan fingerprint density at radius 3 is 2.88 bits per heavy atom. The molecule has 92 valence electrons. The Kier molecular flexibility index (Phi) is 4.09. The highest BCUT2D eigenvalue weighted by Gasteiger charge is 2.15. The fourth-order valence-corrected chi connectivity index (χ4v) is 2.11. The number of pyridine rings is 1. The summed E-state index contributed by atoms with van der Waals surface area (Å²) in [6.45, 7) is 4.11. The molecule has 0 bridgehead atoms. The average molecular weight is 233 g/mol. The van der Waals surface area contributed by atoms with Gasteiger partial charge in [-0.15, -0.1) is 0 Å². The number of rotatable bonds is 4. The van der Waals surface area contributed by atoms with Crippen LogP contribution in [-0.2, 0) is 0 Å².